The van der Waals surface area contributed by atoms with Crippen LogP contribution in [0.4, 0.5) is 4.39 Å². The van der Waals surface area contributed by atoms with Gasteiger partial charge in [-0.25, -0.2) is 14.5 Å². The van der Waals surface area contributed by atoms with E-state index in [1.54, 1.807) is 25.1 Å². The van der Waals surface area contributed by atoms with E-state index in [-0.39, 0.29) is 0 Å². The number of aryl methyl sites for hydroxylation is 1. The van der Waals surface area contributed by atoms with Gasteiger partial charge in [0, 0.05) is 10.6 Å². The summed E-state index contributed by atoms with van der Waals surface area (Å²) >= 11 is 12.4. The zero-order valence-electron chi connectivity index (χ0n) is 13.6. The Balaban J connectivity index is 1.79. The molecule has 0 aliphatic carbocycles. The molecule has 132 valence electrons. The van der Waals surface area contributed by atoms with Gasteiger partial charge in [-0.3, -0.25) is 4.79 Å². The molecule has 0 atom stereocenters. The first-order chi connectivity index (χ1) is 12.5. The number of halogens is 3. The molecule has 0 fully saturated rings. The summed E-state index contributed by atoms with van der Waals surface area (Å²) in [4.78, 5) is 12.0. The predicted octanol–water partition coefficient (Wildman–Crippen LogP) is 4.39. The average Bonchev–Trinajstić information content (AvgIpc) is 2.90. The number of rotatable bonds is 4. The number of carbonyl (C=O) groups is 1. The highest BCUT2D eigenvalue weighted by Crippen LogP contribution is 2.23. The molecule has 2 aromatic carbocycles. The lowest BCUT2D eigenvalue weighted by Gasteiger charge is -2.03. The molecule has 3 aromatic rings. The summed E-state index contributed by atoms with van der Waals surface area (Å²) in [7, 11) is 0. The van der Waals surface area contributed by atoms with E-state index in [1.165, 1.54) is 35.2 Å². The number of amides is 1. The molecule has 5 nitrogen and oxygen atoms in total. The monoisotopic (exact) mass is 390 g/mol. The third-order valence-corrected chi connectivity index (χ3v) is 4.17. The summed E-state index contributed by atoms with van der Waals surface area (Å²) in [5.74, 6) is -0.877. The van der Waals surface area contributed by atoms with Crippen molar-refractivity contribution < 1.29 is 9.18 Å². The van der Waals surface area contributed by atoms with Gasteiger partial charge in [-0.05, 0) is 49.4 Å². The van der Waals surface area contributed by atoms with Crippen LogP contribution in [-0.4, -0.2) is 21.9 Å². The van der Waals surface area contributed by atoms with Gasteiger partial charge in [0.25, 0.3) is 5.91 Å². The van der Waals surface area contributed by atoms with Gasteiger partial charge in [-0.1, -0.05) is 29.3 Å². The average molecular weight is 391 g/mol. The Bertz CT molecular complexity index is 983. The van der Waals surface area contributed by atoms with Gasteiger partial charge in [0.15, 0.2) is 0 Å². The standard InChI is InChI=1S/C18H13Cl2FN4O/c1-11-16(10-22-23-18(26)12-5-7-14(21)8-6-12)17(20)25(24-11)15-4-2-3-13(19)9-15/h2-10H,1H3,(H,23,26)/b22-10+. The molecule has 0 spiro atoms. The van der Waals surface area contributed by atoms with Crippen molar-refractivity contribution >= 4 is 35.3 Å². The van der Waals surface area contributed by atoms with Crippen LogP contribution in [0.25, 0.3) is 5.69 Å². The Morgan fingerprint density at radius 3 is 2.65 bits per heavy atom. The minimum atomic E-state index is -0.461. The molecular weight excluding hydrogens is 378 g/mol. The Hall–Kier alpha value is -2.70. The third-order valence-electron chi connectivity index (χ3n) is 3.57. The lowest BCUT2D eigenvalue weighted by Crippen LogP contribution is -2.17. The Labute approximate surface area is 159 Å². The Morgan fingerprint density at radius 1 is 1.23 bits per heavy atom. The smallest absolute Gasteiger partial charge is 0.267 e. The lowest BCUT2D eigenvalue weighted by molar-refractivity contribution is 0.0955. The fraction of sp³-hybridized carbons (Fsp3) is 0.0556. The third kappa shape index (κ3) is 3.92. The Morgan fingerprint density at radius 2 is 1.96 bits per heavy atom. The van der Waals surface area contributed by atoms with Crippen LogP contribution in [-0.2, 0) is 0 Å². The molecule has 1 amide bonds. The van der Waals surface area contributed by atoms with Crippen molar-refractivity contribution in [2.45, 2.75) is 6.92 Å². The molecular formula is C18H13Cl2FN4O. The number of hydrogen-bond acceptors (Lipinski definition) is 3. The number of benzene rings is 2. The fourth-order valence-corrected chi connectivity index (χ4v) is 2.76. The zero-order chi connectivity index (χ0) is 18.7. The topological polar surface area (TPSA) is 59.3 Å². The highest BCUT2D eigenvalue weighted by Gasteiger charge is 2.13. The van der Waals surface area contributed by atoms with Crippen molar-refractivity contribution in [1.82, 2.24) is 15.2 Å². The quantitative estimate of drug-likeness (QED) is 0.530. The van der Waals surface area contributed by atoms with Crippen LogP contribution in [0.1, 0.15) is 21.6 Å². The van der Waals surface area contributed by atoms with Gasteiger partial charge in [0.1, 0.15) is 11.0 Å². The van der Waals surface area contributed by atoms with Crippen molar-refractivity contribution in [3.8, 4) is 5.69 Å². The van der Waals surface area contributed by atoms with E-state index in [0.29, 0.717) is 32.7 Å². The second kappa shape index (κ2) is 7.68. The number of hydrogen-bond donors (Lipinski definition) is 1. The maximum Gasteiger partial charge on any atom is 0.271 e. The molecule has 26 heavy (non-hydrogen) atoms. The number of nitrogens with one attached hydrogen (secondary N) is 1. The molecule has 0 aliphatic rings. The molecule has 0 saturated carbocycles. The van der Waals surface area contributed by atoms with Gasteiger partial charge >= 0.3 is 0 Å². The summed E-state index contributed by atoms with van der Waals surface area (Å²) in [6.07, 6.45) is 1.41. The molecule has 3 rings (SSSR count). The van der Waals surface area contributed by atoms with E-state index in [9.17, 15) is 9.18 Å². The van der Waals surface area contributed by atoms with Crippen molar-refractivity contribution in [2.75, 3.05) is 0 Å². The van der Waals surface area contributed by atoms with E-state index < -0.39 is 11.7 Å². The van der Waals surface area contributed by atoms with Gasteiger partial charge in [0.2, 0.25) is 0 Å². The maximum absolute atomic E-state index is 12.9. The van der Waals surface area contributed by atoms with Crippen LogP contribution in [0.2, 0.25) is 10.2 Å². The minimum Gasteiger partial charge on any atom is -0.267 e. The summed E-state index contributed by atoms with van der Waals surface area (Å²) < 4.78 is 14.4. The SMILES string of the molecule is Cc1nn(-c2cccc(Cl)c2)c(Cl)c1/C=N/NC(=O)c1ccc(F)cc1. The van der Waals surface area contributed by atoms with Gasteiger partial charge < -0.3 is 0 Å². The summed E-state index contributed by atoms with van der Waals surface area (Å²) in [6.45, 7) is 1.77. The molecule has 1 heterocycles. The number of aromatic nitrogens is 2. The van der Waals surface area contributed by atoms with E-state index >= 15 is 0 Å². The molecule has 8 heteroatoms. The van der Waals surface area contributed by atoms with Crippen molar-refractivity contribution in [3.63, 3.8) is 0 Å². The van der Waals surface area contributed by atoms with Crippen LogP contribution in [0.5, 0.6) is 0 Å². The predicted molar refractivity (Wildman–Crippen MR) is 99.8 cm³/mol. The number of hydrazone groups is 1. The van der Waals surface area contributed by atoms with Gasteiger partial charge in [-0.2, -0.15) is 10.2 Å². The maximum atomic E-state index is 12.9. The second-order valence-corrected chi connectivity index (χ2v) is 6.18. The summed E-state index contributed by atoms with van der Waals surface area (Å²) in [5.41, 5.74) is 4.57. The first-order valence-corrected chi connectivity index (χ1v) is 8.31. The van der Waals surface area contributed by atoms with Crippen LogP contribution >= 0.6 is 23.2 Å². The molecule has 1 aromatic heterocycles. The lowest BCUT2D eigenvalue weighted by atomic mass is 10.2. The van der Waals surface area contributed by atoms with Crippen LogP contribution in [0.3, 0.4) is 0 Å². The number of nitrogens with zero attached hydrogens (tertiary/aromatic N) is 3. The normalized spacial score (nSPS) is 11.1. The molecule has 0 radical (unpaired) electrons. The molecule has 0 aliphatic heterocycles. The van der Waals surface area contributed by atoms with E-state index in [2.05, 4.69) is 15.6 Å². The molecule has 0 saturated heterocycles. The second-order valence-electron chi connectivity index (χ2n) is 5.39. The van der Waals surface area contributed by atoms with E-state index in [1.807, 2.05) is 6.07 Å². The summed E-state index contributed by atoms with van der Waals surface area (Å²) in [6, 6.07) is 12.2. The minimum absolute atomic E-state index is 0.293. The van der Waals surface area contributed by atoms with Crippen LogP contribution in [0.15, 0.2) is 53.6 Å². The van der Waals surface area contributed by atoms with E-state index in [4.69, 9.17) is 23.2 Å². The van der Waals surface area contributed by atoms with E-state index in [0.717, 1.165) is 0 Å². The van der Waals surface area contributed by atoms with Crippen molar-refractivity contribution in [2.24, 2.45) is 5.10 Å². The highest BCUT2D eigenvalue weighted by molar-refractivity contribution is 6.32. The largest absolute Gasteiger partial charge is 0.271 e. The first-order valence-electron chi connectivity index (χ1n) is 7.56. The van der Waals surface area contributed by atoms with Gasteiger partial charge in [0.05, 0.1) is 23.2 Å². The molecule has 0 bridgehead atoms. The fourth-order valence-electron chi connectivity index (χ4n) is 2.26. The van der Waals surface area contributed by atoms with Crippen LogP contribution in [0, 0.1) is 12.7 Å². The molecule has 0 unspecified atom stereocenters. The Kier molecular flexibility index (Phi) is 5.35. The van der Waals surface area contributed by atoms with Crippen molar-refractivity contribution in [1.29, 1.82) is 0 Å². The van der Waals surface area contributed by atoms with Crippen molar-refractivity contribution in [3.05, 3.63) is 81.3 Å². The first kappa shape index (κ1) is 18.1. The summed E-state index contributed by atoms with van der Waals surface area (Å²) in [5, 5.41) is 9.17. The highest BCUT2D eigenvalue weighted by atomic mass is 35.5. The molecule has 1 N–H and O–H groups in total. The zero-order valence-corrected chi connectivity index (χ0v) is 15.1. The number of carbonyl (C=O) groups excluding carboxylic acids is 1. The van der Waals surface area contributed by atoms with Gasteiger partial charge in [-0.15, -0.1) is 0 Å². The van der Waals surface area contributed by atoms with Crippen LogP contribution < -0.4 is 5.43 Å².